The molecule has 1 saturated heterocycles. The van der Waals surface area contributed by atoms with E-state index in [1.165, 1.54) is 6.20 Å². The Morgan fingerprint density at radius 1 is 1.06 bits per heavy atom. The zero-order valence-corrected chi connectivity index (χ0v) is 18.0. The number of aromatic nitrogens is 2. The van der Waals surface area contributed by atoms with Crippen molar-refractivity contribution in [2.75, 3.05) is 13.2 Å². The summed E-state index contributed by atoms with van der Waals surface area (Å²) in [5, 5.41) is 0. The Hall–Kier alpha value is -1.66. The summed E-state index contributed by atoms with van der Waals surface area (Å²) < 4.78 is 85.1. The van der Waals surface area contributed by atoms with E-state index in [0.717, 1.165) is 6.07 Å². The molecule has 0 bridgehead atoms. The lowest BCUT2D eigenvalue weighted by Crippen LogP contribution is -2.50. The Labute approximate surface area is 192 Å². The van der Waals surface area contributed by atoms with Gasteiger partial charge >= 0.3 is 6.18 Å². The number of benzene rings is 1. The van der Waals surface area contributed by atoms with Crippen LogP contribution >= 0.6 is 24.8 Å². The van der Waals surface area contributed by atoms with Gasteiger partial charge in [-0.2, -0.15) is 13.2 Å². The molecule has 2 aliphatic heterocycles. The highest BCUT2D eigenvalue weighted by Crippen LogP contribution is 2.34. The molecule has 32 heavy (non-hydrogen) atoms. The number of rotatable bonds is 2. The lowest BCUT2D eigenvalue weighted by molar-refractivity contribution is -0.145. The maximum absolute atomic E-state index is 14.1. The summed E-state index contributed by atoms with van der Waals surface area (Å²) in [6.07, 6.45) is -3.56. The molecule has 2 aliphatic rings. The van der Waals surface area contributed by atoms with Gasteiger partial charge in [0.15, 0.2) is 11.6 Å². The van der Waals surface area contributed by atoms with Crippen molar-refractivity contribution in [1.82, 2.24) is 14.9 Å². The molecule has 2 N–H and O–H groups in total. The van der Waals surface area contributed by atoms with Gasteiger partial charge in [0.1, 0.15) is 11.9 Å². The first-order valence-corrected chi connectivity index (χ1v) is 9.31. The molecule has 4 rings (SSSR count). The maximum atomic E-state index is 14.1. The van der Waals surface area contributed by atoms with Crippen molar-refractivity contribution in [2.45, 2.75) is 43.8 Å². The van der Waals surface area contributed by atoms with Crippen molar-refractivity contribution in [3.05, 3.63) is 58.4 Å². The predicted molar refractivity (Wildman–Crippen MR) is 107 cm³/mol. The molecular formula is C19H20Cl2F6N4O. The number of ether oxygens (including phenoxy) is 1. The highest BCUT2D eigenvalue weighted by atomic mass is 35.5. The Morgan fingerprint density at radius 2 is 1.75 bits per heavy atom. The van der Waals surface area contributed by atoms with Gasteiger partial charge in [-0.05, 0) is 24.5 Å². The fraction of sp³-hybridized carbons (Fsp3) is 0.474. The van der Waals surface area contributed by atoms with Crippen molar-refractivity contribution in [3.63, 3.8) is 0 Å². The summed E-state index contributed by atoms with van der Waals surface area (Å²) in [5.41, 5.74) is 6.92. The van der Waals surface area contributed by atoms with Gasteiger partial charge in [0.25, 0.3) is 0 Å². The average Bonchev–Trinajstić information content (AvgIpc) is 2.69. The zero-order chi connectivity index (χ0) is 21.6. The molecule has 1 unspecified atom stereocenters. The summed E-state index contributed by atoms with van der Waals surface area (Å²) in [7, 11) is 0. The van der Waals surface area contributed by atoms with Gasteiger partial charge < -0.3 is 10.5 Å². The van der Waals surface area contributed by atoms with Crippen LogP contribution in [-0.4, -0.2) is 40.1 Å². The molecule has 0 amide bonds. The molecule has 0 radical (unpaired) electrons. The number of halogens is 8. The van der Waals surface area contributed by atoms with Crippen LogP contribution in [0.5, 0.6) is 0 Å². The summed E-state index contributed by atoms with van der Waals surface area (Å²) in [6, 6.07) is 0.247. The molecule has 1 fully saturated rings. The highest BCUT2D eigenvalue weighted by Gasteiger charge is 2.38. The van der Waals surface area contributed by atoms with Gasteiger partial charge in [0, 0.05) is 43.0 Å². The second-order valence-electron chi connectivity index (χ2n) is 7.48. The largest absolute Gasteiger partial charge is 0.451 e. The zero-order valence-electron chi connectivity index (χ0n) is 16.4. The molecule has 1 aromatic carbocycles. The molecule has 2 aromatic rings. The lowest BCUT2D eigenvalue weighted by Gasteiger charge is -2.41. The number of fused-ring (bicyclic) bond motifs is 1. The topological polar surface area (TPSA) is 64.3 Å². The van der Waals surface area contributed by atoms with Crippen molar-refractivity contribution >= 4 is 24.8 Å². The molecule has 5 nitrogen and oxygen atoms in total. The van der Waals surface area contributed by atoms with Crippen LogP contribution in [0.25, 0.3) is 0 Å². The minimum Gasteiger partial charge on any atom is -0.370 e. The fourth-order valence-corrected chi connectivity index (χ4v) is 3.95. The molecule has 0 saturated carbocycles. The van der Waals surface area contributed by atoms with E-state index < -0.39 is 41.6 Å². The van der Waals surface area contributed by atoms with E-state index in [4.69, 9.17) is 10.5 Å². The molecule has 178 valence electrons. The number of nitrogens with two attached hydrogens (primary N) is 1. The van der Waals surface area contributed by atoms with E-state index in [1.54, 1.807) is 0 Å². The quantitative estimate of drug-likeness (QED) is 0.495. The predicted octanol–water partition coefficient (Wildman–Crippen LogP) is 3.97. The third-order valence-electron chi connectivity index (χ3n) is 5.49. The van der Waals surface area contributed by atoms with Crippen LogP contribution in [0, 0.1) is 17.5 Å². The van der Waals surface area contributed by atoms with E-state index in [2.05, 4.69) is 9.97 Å². The second-order valence-corrected chi connectivity index (χ2v) is 7.48. The SMILES string of the molecule is Cl.Cl.N[C@H]1C[C@@H](N2CCc3cnc(C(F)(F)F)nc3C2)COC1c1cc(F)c(F)cc1F. The molecule has 3 atom stereocenters. The van der Waals surface area contributed by atoms with E-state index >= 15 is 0 Å². The standard InChI is InChI=1S/C19H18F6N4O.2ClH/c20-12-5-14(22)13(21)4-11(12)17-15(26)3-10(8-30-17)29-2-1-9-6-27-18(19(23,24)25)28-16(9)7-29;;/h4-6,10,15,17H,1-3,7-8,26H2;2*1H/t10-,15+,17?;;/m1../s1. The molecule has 0 aliphatic carbocycles. The average molecular weight is 505 g/mol. The first-order chi connectivity index (χ1) is 14.1. The minimum atomic E-state index is -4.63. The number of nitrogens with zero attached hydrogens (tertiary/aromatic N) is 3. The van der Waals surface area contributed by atoms with Gasteiger partial charge in [-0.1, -0.05) is 0 Å². The van der Waals surface area contributed by atoms with Crippen LogP contribution in [0.4, 0.5) is 26.3 Å². The Kier molecular flexibility index (Phi) is 8.38. The minimum absolute atomic E-state index is 0. The Morgan fingerprint density at radius 3 is 2.41 bits per heavy atom. The summed E-state index contributed by atoms with van der Waals surface area (Å²) in [4.78, 5) is 8.96. The van der Waals surface area contributed by atoms with Crippen LogP contribution in [0.15, 0.2) is 18.3 Å². The normalized spacial score (nSPS) is 23.7. The first-order valence-electron chi connectivity index (χ1n) is 9.31. The fourth-order valence-electron chi connectivity index (χ4n) is 3.95. The summed E-state index contributed by atoms with van der Waals surface area (Å²) in [5.74, 6) is -4.63. The summed E-state index contributed by atoms with van der Waals surface area (Å²) >= 11 is 0. The second kappa shape index (κ2) is 10.1. The van der Waals surface area contributed by atoms with Crippen LogP contribution in [-0.2, 0) is 23.9 Å². The third-order valence-corrected chi connectivity index (χ3v) is 5.49. The van der Waals surface area contributed by atoms with Gasteiger partial charge in [-0.3, -0.25) is 4.90 Å². The van der Waals surface area contributed by atoms with E-state index in [0.29, 0.717) is 36.7 Å². The molecule has 13 heteroatoms. The third kappa shape index (κ3) is 5.28. The monoisotopic (exact) mass is 504 g/mol. The smallest absolute Gasteiger partial charge is 0.370 e. The van der Waals surface area contributed by atoms with Crippen molar-refractivity contribution in [3.8, 4) is 0 Å². The number of alkyl halides is 3. The van der Waals surface area contributed by atoms with Crippen LogP contribution in [0.1, 0.15) is 35.2 Å². The van der Waals surface area contributed by atoms with Gasteiger partial charge in [-0.25, -0.2) is 23.1 Å². The van der Waals surface area contributed by atoms with Crippen molar-refractivity contribution < 1.29 is 31.1 Å². The number of hydrogen-bond acceptors (Lipinski definition) is 5. The first kappa shape index (κ1) is 26.6. The Balaban J connectivity index is 0.00000181. The van der Waals surface area contributed by atoms with Crippen LogP contribution in [0.3, 0.4) is 0 Å². The summed E-state index contributed by atoms with van der Waals surface area (Å²) in [6.45, 7) is 0.835. The highest BCUT2D eigenvalue weighted by molar-refractivity contribution is 5.85. The van der Waals surface area contributed by atoms with Crippen molar-refractivity contribution in [2.24, 2.45) is 5.73 Å². The maximum Gasteiger partial charge on any atom is 0.451 e. The van der Waals surface area contributed by atoms with Crippen LogP contribution < -0.4 is 5.73 Å². The Bertz CT molecular complexity index is 964. The molecule has 3 heterocycles. The molecule has 0 spiro atoms. The van der Waals surface area contributed by atoms with Gasteiger partial charge in [0.05, 0.1) is 12.3 Å². The van der Waals surface area contributed by atoms with E-state index in [-0.39, 0.29) is 49.6 Å². The van der Waals surface area contributed by atoms with Gasteiger partial charge in [-0.15, -0.1) is 24.8 Å². The van der Waals surface area contributed by atoms with Crippen molar-refractivity contribution in [1.29, 1.82) is 0 Å². The van der Waals surface area contributed by atoms with E-state index in [1.807, 2.05) is 4.90 Å². The lowest BCUT2D eigenvalue weighted by atomic mass is 9.92. The molecule has 1 aromatic heterocycles. The van der Waals surface area contributed by atoms with Crippen LogP contribution in [0.2, 0.25) is 0 Å². The van der Waals surface area contributed by atoms with Gasteiger partial charge in [0.2, 0.25) is 5.82 Å². The van der Waals surface area contributed by atoms with E-state index in [9.17, 15) is 26.3 Å². The molecular weight excluding hydrogens is 485 g/mol. The number of hydrogen-bond donors (Lipinski definition) is 1.